The first kappa shape index (κ1) is 16.8. The Morgan fingerprint density at radius 3 is 2.65 bits per heavy atom. The number of hydrogen-bond acceptors (Lipinski definition) is 3. The fourth-order valence-corrected chi connectivity index (χ4v) is 3.98. The molecule has 1 fully saturated rings. The van der Waals surface area contributed by atoms with E-state index in [1.807, 2.05) is 0 Å². The lowest BCUT2D eigenvalue weighted by atomic mass is 9.74. The van der Waals surface area contributed by atoms with Gasteiger partial charge in [0.05, 0.1) is 12.0 Å². The average Bonchev–Trinajstić information content (AvgIpc) is 3.15. The Labute approximate surface area is 150 Å². The lowest BCUT2D eigenvalue weighted by Gasteiger charge is -2.41. The molecule has 1 heterocycles. The topological polar surface area (TPSA) is 84.2 Å². The minimum Gasteiger partial charge on any atom is -0.481 e. The summed E-state index contributed by atoms with van der Waals surface area (Å²) < 4.78 is 15.7. The third-order valence-electron chi connectivity index (χ3n) is 5.40. The molecular weight excluding hydrogens is 337 g/mol. The number of fused-ring (bicyclic) bond motifs is 1. The lowest BCUT2D eigenvalue weighted by molar-refractivity contribution is -0.139. The molecule has 0 atom stereocenters. The summed E-state index contributed by atoms with van der Waals surface area (Å²) in [7, 11) is 0. The van der Waals surface area contributed by atoms with Gasteiger partial charge in [0.25, 0.3) is 5.91 Å². The van der Waals surface area contributed by atoms with Crippen LogP contribution in [0.1, 0.15) is 53.8 Å². The number of halogens is 1. The van der Waals surface area contributed by atoms with Gasteiger partial charge in [-0.2, -0.15) is 5.10 Å². The zero-order chi connectivity index (χ0) is 18.3. The van der Waals surface area contributed by atoms with Gasteiger partial charge in [0, 0.05) is 11.3 Å². The smallest absolute Gasteiger partial charge is 0.305 e. The summed E-state index contributed by atoms with van der Waals surface area (Å²) in [4.78, 5) is 24.0. The van der Waals surface area contributed by atoms with Crippen molar-refractivity contribution >= 4 is 11.9 Å². The van der Waals surface area contributed by atoms with Crippen LogP contribution in [0.3, 0.4) is 0 Å². The summed E-state index contributed by atoms with van der Waals surface area (Å²) in [5.74, 6) is -1.68. The molecule has 1 aromatic carbocycles. The zero-order valence-electron chi connectivity index (χ0n) is 14.3. The Kier molecular flexibility index (Phi) is 4.01. The van der Waals surface area contributed by atoms with Crippen molar-refractivity contribution < 1.29 is 19.1 Å². The van der Waals surface area contributed by atoms with Gasteiger partial charge < -0.3 is 10.4 Å². The number of benzene rings is 1. The molecule has 2 aliphatic rings. The Bertz CT molecular complexity index is 886. The fourth-order valence-electron chi connectivity index (χ4n) is 3.98. The number of aliphatic carboxylic acids is 1. The van der Waals surface area contributed by atoms with Crippen LogP contribution in [0.4, 0.5) is 4.39 Å². The molecule has 0 spiro atoms. The first-order valence-corrected chi connectivity index (χ1v) is 8.89. The number of nitrogens with one attached hydrogen (secondary N) is 1. The SMILES string of the molecule is O=C(O)CC1(NC(=O)c2nn(-c3ccccc3F)c3c2CCC3)CCC1. The van der Waals surface area contributed by atoms with Gasteiger partial charge in [-0.1, -0.05) is 12.1 Å². The number of carbonyl (C=O) groups is 2. The van der Waals surface area contributed by atoms with Gasteiger partial charge in [0.2, 0.25) is 0 Å². The highest BCUT2D eigenvalue weighted by atomic mass is 19.1. The third kappa shape index (κ3) is 2.77. The van der Waals surface area contributed by atoms with E-state index < -0.39 is 17.3 Å². The van der Waals surface area contributed by atoms with Crippen molar-refractivity contribution in [1.29, 1.82) is 0 Å². The van der Waals surface area contributed by atoms with Crippen molar-refractivity contribution in [1.82, 2.24) is 15.1 Å². The number of carboxylic acids is 1. The van der Waals surface area contributed by atoms with Crippen LogP contribution in [0.25, 0.3) is 5.69 Å². The standard InChI is InChI=1S/C19H20FN3O3/c20-13-6-1-2-7-15(13)23-14-8-3-5-12(14)17(22-23)18(26)21-19(9-4-10-19)11-16(24)25/h1-2,6-7H,3-5,8-11H2,(H,21,26)(H,24,25). The van der Waals surface area contributed by atoms with Gasteiger partial charge in [-0.25, -0.2) is 9.07 Å². The highest BCUT2D eigenvalue weighted by Crippen LogP contribution is 2.36. The van der Waals surface area contributed by atoms with Crippen LogP contribution in [0.15, 0.2) is 24.3 Å². The zero-order valence-corrected chi connectivity index (χ0v) is 14.3. The predicted molar refractivity (Wildman–Crippen MR) is 91.8 cm³/mol. The molecule has 0 bridgehead atoms. The van der Waals surface area contributed by atoms with E-state index in [2.05, 4.69) is 10.4 Å². The van der Waals surface area contributed by atoms with E-state index in [0.29, 0.717) is 18.5 Å². The van der Waals surface area contributed by atoms with Gasteiger partial charge >= 0.3 is 5.97 Å². The molecular formula is C19H20FN3O3. The van der Waals surface area contributed by atoms with Crippen molar-refractivity contribution in [2.75, 3.05) is 0 Å². The minimum absolute atomic E-state index is 0.0883. The fraction of sp³-hybridized carbons (Fsp3) is 0.421. The molecule has 136 valence electrons. The number of aromatic nitrogens is 2. The molecule has 7 heteroatoms. The largest absolute Gasteiger partial charge is 0.481 e. The van der Waals surface area contributed by atoms with Gasteiger partial charge in [-0.05, 0) is 50.7 Å². The Morgan fingerprint density at radius 2 is 2.00 bits per heavy atom. The quantitative estimate of drug-likeness (QED) is 0.862. The van der Waals surface area contributed by atoms with Crippen LogP contribution in [-0.4, -0.2) is 32.3 Å². The number of nitrogens with zero attached hydrogens (tertiary/aromatic N) is 2. The van der Waals surface area contributed by atoms with Crippen LogP contribution in [0, 0.1) is 5.82 Å². The minimum atomic E-state index is -0.924. The van der Waals surface area contributed by atoms with Gasteiger partial charge in [0.1, 0.15) is 11.5 Å². The van der Waals surface area contributed by atoms with Crippen LogP contribution in [0.2, 0.25) is 0 Å². The average molecular weight is 357 g/mol. The summed E-state index contributed by atoms with van der Waals surface area (Å²) in [5, 5.41) is 16.4. The molecule has 0 radical (unpaired) electrons. The summed E-state index contributed by atoms with van der Waals surface area (Å²) in [6.07, 6.45) is 4.47. The van der Waals surface area contributed by atoms with Crippen molar-refractivity contribution in [3.63, 3.8) is 0 Å². The molecule has 2 aromatic rings. The first-order chi connectivity index (χ1) is 12.5. The van der Waals surface area contributed by atoms with Crippen LogP contribution in [0.5, 0.6) is 0 Å². The summed E-state index contributed by atoms with van der Waals surface area (Å²) >= 11 is 0. The molecule has 4 rings (SSSR count). The number of amides is 1. The van der Waals surface area contributed by atoms with E-state index in [4.69, 9.17) is 5.11 Å². The van der Waals surface area contributed by atoms with Gasteiger partial charge in [-0.3, -0.25) is 9.59 Å². The van der Waals surface area contributed by atoms with E-state index in [-0.39, 0.29) is 18.0 Å². The van der Waals surface area contributed by atoms with E-state index in [1.165, 1.54) is 10.7 Å². The second-order valence-electron chi connectivity index (χ2n) is 7.15. The highest BCUT2D eigenvalue weighted by Gasteiger charge is 2.41. The maximum absolute atomic E-state index is 14.2. The molecule has 0 saturated heterocycles. The van der Waals surface area contributed by atoms with Crippen molar-refractivity contribution in [3.05, 3.63) is 47.0 Å². The number of hydrogen-bond donors (Lipinski definition) is 2. The lowest BCUT2D eigenvalue weighted by Crippen LogP contribution is -2.54. The van der Waals surface area contributed by atoms with Crippen molar-refractivity contribution in [2.45, 2.75) is 50.5 Å². The van der Waals surface area contributed by atoms with Crippen molar-refractivity contribution in [3.8, 4) is 5.69 Å². The Balaban J connectivity index is 1.67. The summed E-state index contributed by atoms with van der Waals surface area (Å²) in [5.41, 5.74) is 1.64. The molecule has 26 heavy (non-hydrogen) atoms. The van der Waals surface area contributed by atoms with Crippen LogP contribution < -0.4 is 5.32 Å². The number of carbonyl (C=O) groups excluding carboxylic acids is 1. The predicted octanol–water partition coefficient (Wildman–Crippen LogP) is 2.63. The second kappa shape index (κ2) is 6.23. The molecule has 1 saturated carbocycles. The first-order valence-electron chi connectivity index (χ1n) is 8.89. The van der Waals surface area contributed by atoms with Gasteiger partial charge in [-0.15, -0.1) is 0 Å². The van der Waals surface area contributed by atoms with E-state index in [1.54, 1.807) is 18.2 Å². The normalized spacial score (nSPS) is 17.4. The van der Waals surface area contributed by atoms with Crippen LogP contribution >= 0.6 is 0 Å². The number of carboxylic acid groups (broad SMARTS) is 1. The van der Waals surface area contributed by atoms with Crippen LogP contribution in [-0.2, 0) is 17.6 Å². The molecule has 0 aliphatic heterocycles. The monoisotopic (exact) mass is 357 g/mol. The highest BCUT2D eigenvalue weighted by molar-refractivity contribution is 5.95. The van der Waals surface area contributed by atoms with E-state index in [0.717, 1.165) is 36.9 Å². The van der Waals surface area contributed by atoms with Gasteiger partial charge in [0.15, 0.2) is 5.69 Å². The Morgan fingerprint density at radius 1 is 1.23 bits per heavy atom. The molecule has 2 aliphatic carbocycles. The van der Waals surface area contributed by atoms with E-state index in [9.17, 15) is 14.0 Å². The molecule has 0 unspecified atom stereocenters. The summed E-state index contributed by atoms with van der Waals surface area (Å²) in [6.45, 7) is 0. The molecule has 6 nitrogen and oxygen atoms in total. The molecule has 2 N–H and O–H groups in total. The molecule has 1 aromatic heterocycles. The summed E-state index contributed by atoms with van der Waals surface area (Å²) in [6, 6.07) is 6.36. The third-order valence-corrected chi connectivity index (χ3v) is 5.40. The van der Waals surface area contributed by atoms with Crippen molar-refractivity contribution in [2.24, 2.45) is 0 Å². The number of para-hydroxylation sites is 1. The maximum atomic E-state index is 14.2. The second-order valence-corrected chi connectivity index (χ2v) is 7.15. The number of rotatable bonds is 5. The Hall–Kier alpha value is -2.70. The maximum Gasteiger partial charge on any atom is 0.305 e. The van der Waals surface area contributed by atoms with E-state index >= 15 is 0 Å². The molecule has 1 amide bonds.